The molecular weight excluding hydrogens is 180 g/mol. The maximum Gasteiger partial charge on any atom is -0.0328 e. The van der Waals surface area contributed by atoms with Crippen LogP contribution < -0.4 is 0 Å². The summed E-state index contributed by atoms with van der Waals surface area (Å²) in [5.74, 6) is 0.792. The topological polar surface area (TPSA) is 0 Å². The molecule has 0 amide bonds. The van der Waals surface area contributed by atoms with Crippen LogP contribution in [0.4, 0.5) is 0 Å². The Labute approximate surface area is 97.8 Å². The zero-order chi connectivity index (χ0) is 12.1. The van der Waals surface area contributed by atoms with Gasteiger partial charge in [-0.2, -0.15) is 0 Å². The predicted molar refractivity (Wildman–Crippen MR) is 71.2 cm³/mol. The molecule has 0 spiro atoms. The van der Waals surface area contributed by atoms with Crippen molar-refractivity contribution in [1.82, 2.24) is 0 Å². The van der Waals surface area contributed by atoms with E-state index in [0.717, 1.165) is 5.92 Å². The summed E-state index contributed by atoms with van der Waals surface area (Å²) in [5.41, 5.74) is 1.09. The molecule has 92 valence electrons. The molecule has 0 aliphatic heterocycles. The minimum atomic E-state index is 0.504. The predicted octanol–water partition coefficient (Wildman–Crippen LogP) is 5.67. The standard InChI is InChI=1S/C15H32/c1-8-10-15(7,9-2)12-11-14(5,6)13(3)4/h13H,8-12H2,1-7H3. The van der Waals surface area contributed by atoms with E-state index >= 15 is 0 Å². The van der Waals surface area contributed by atoms with Gasteiger partial charge in [0.05, 0.1) is 0 Å². The SMILES string of the molecule is CCCC(C)(CC)CCC(C)(C)C(C)C. The molecule has 15 heavy (non-hydrogen) atoms. The first-order valence-electron chi connectivity index (χ1n) is 6.77. The molecule has 1 atom stereocenters. The molecular formula is C15H32. The molecule has 0 rings (SSSR count). The fourth-order valence-electron chi connectivity index (χ4n) is 1.99. The molecule has 0 saturated carbocycles. The van der Waals surface area contributed by atoms with E-state index in [4.69, 9.17) is 0 Å². The van der Waals surface area contributed by atoms with Crippen molar-refractivity contribution >= 4 is 0 Å². The third-order valence-corrected chi connectivity index (χ3v) is 4.64. The van der Waals surface area contributed by atoms with E-state index in [0.29, 0.717) is 10.8 Å². The van der Waals surface area contributed by atoms with Gasteiger partial charge >= 0.3 is 0 Å². The number of hydrogen-bond donors (Lipinski definition) is 0. The second-order valence-corrected chi connectivity index (χ2v) is 6.56. The van der Waals surface area contributed by atoms with Crippen LogP contribution in [0.25, 0.3) is 0 Å². The van der Waals surface area contributed by atoms with Crippen LogP contribution in [0.1, 0.15) is 80.6 Å². The molecule has 0 nitrogen and oxygen atoms in total. The van der Waals surface area contributed by atoms with Crippen molar-refractivity contribution in [2.45, 2.75) is 80.6 Å². The summed E-state index contributed by atoms with van der Waals surface area (Å²) >= 11 is 0. The summed E-state index contributed by atoms with van der Waals surface area (Å²) in [7, 11) is 0. The van der Waals surface area contributed by atoms with Crippen LogP contribution in [-0.2, 0) is 0 Å². The summed E-state index contributed by atoms with van der Waals surface area (Å²) < 4.78 is 0. The van der Waals surface area contributed by atoms with Crippen LogP contribution in [0.3, 0.4) is 0 Å². The Balaban J connectivity index is 4.22. The Morgan fingerprint density at radius 3 is 1.73 bits per heavy atom. The van der Waals surface area contributed by atoms with Crippen LogP contribution in [0.5, 0.6) is 0 Å². The maximum absolute atomic E-state index is 2.47. The highest BCUT2D eigenvalue weighted by molar-refractivity contribution is 4.79. The first-order chi connectivity index (χ1) is 6.77. The average molecular weight is 212 g/mol. The van der Waals surface area contributed by atoms with Crippen molar-refractivity contribution in [3.05, 3.63) is 0 Å². The summed E-state index contributed by atoms with van der Waals surface area (Å²) in [6.45, 7) is 16.7. The lowest BCUT2D eigenvalue weighted by atomic mass is 9.70. The van der Waals surface area contributed by atoms with Crippen molar-refractivity contribution in [3.8, 4) is 0 Å². The lowest BCUT2D eigenvalue weighted by Gasteiger charge is -2.35. The summed E-state index contributed by atoms with van der Waals surface area (Å²) in [5, 5.41) is 0. The largest absolute Gasteiger partial charge is 0.0654 e. The molecule has 0 fully saturated rings. The third-order valence-electron chi connectivity index (χ3n) is 4.64. The van der Waals surface area contributed by atoms with E-state index < -0.39 is 0 Å². The molecule has 0 heterocycles. The Morgan fingerprint density at radius 1 is 0.867 bits per heavy atom. The lowest BCUT2D eigenvalue weighted by Crippen LogP contribution is -2.24. The van der Waals surface area contributed by atoms with E-state index in [1.54, 1.807) is 0 Å². The summed E-state index contributed by atoms with van der Waals surface area (Å²) in [6.07, 6.45) is 6.80. The van der Waals surface area contributed by atoms with Crippen molar-refractivity contribution in [2.24, 2.45) is 16.7 Å². The van der Waals surface area contributed by atoms with Gasteiger partial charge in [0.1, 0.15) is 0 Å². The second kappa shape index (κ2) is 5.92. The minimum absolute atomic E-state index is 0.504. The molecule has 0 aliphatic rings. The fraction of sp³-hybridized carbons (Fsp3) is 1.00. The molecule has 0 bridgehead atoms. The molecule has 0 radical (unpaired) electrons. The van der Waals surface area contributed by atoms with Crippen molar-refractivity contribution < 1.29 is 0 Å². The van der Waals surface area contributed by atoms with Crippen molar-refractivity contribution in [1.29, 1.82) is 0 Å². The van der Waals surface area contributed by atoms with Gasteiger partial charge in [-0.1, -0.05) is 61.3 Å². The van der Waals surface area contributed by atoms with E-state index in [1.807, 2.05) is 0 Å². The summed E-state index contributed by atoms with van der Waals surface area (Å²) in [6, 6.07) is 0. The van der Waals surface area contributed by atoms with Crippen molar-refractivity contribution in [3.63, 3.8) is 0 Å². The molecule has 0 aliphatic carbocycles. The van der Waals surface area contributed by atoms with Gasteiger partial charge in [-0.25, -0.2) is 0 Å². The molecule has 0 heteroatoms. The Kier molecular flexibility index (Phi) is 5.92. The van der Waals surface area contributed by atoms with Gasteiger partial charge in [-0.15, -0.1) is 0 Å². The molecule has 0 N–H and O–H groups in total. The van der Waals surface area contributed by atoms with Gasteiger partial charge in [-0.3, -0.25) is 0 Å². The zero-order valence-electron chi connectivity index (χ0n) is 12.1. The smallest absolute Gasteiger partial charge is 0.0328 e. The van der Waals surface area contributed by atoms with Crippen LogP contribution in [0.15, 0.2) is 0 Å². The van der Waals surface area contributed by atoms with E-state index in [9.17, 15) is 0 Å². The van der Waals surface area contributed by atoms with E-state index in [1.165, 1.54) is 32.1 Å². The van der Waals surface area contributed by atoms with Gasteiger partial charge in [0.15, 0.2) is 0 Å². The van der Waals surface area contributed by atoms with Gasteiger partial charge < -0.3 is 0 Å². The quantitative estimate of drug-likeness (QED) is 0.510. The number of rotatable bonds is 7. The molecule has 0 aromatic heterocycles. The molecule has 0 aromatic rings. The van der Waals surface area contributed by atoms with E-state index in [2.05, 4.69) is 48.5 Å². The van der Waals surface area contributed by atoms with Crippen LogP contribution in [0, 0.1) is 16.7 Å². The average Bonchev–Trinajstić information content (AvgIpc) is 2.15. The van der Waals surface area contributed by atoms with Crippen LogP contribution in [-0.4, -0.2) is 0 Å². The zero-order valence-corrected chi connectivity index (χ0v) is 12.1. The minimum Gasteiger partial charge on any atom is -0.0654 e. The maximum atomic E-state index is 2.47. The lowest BCUT2D eigenvalue weighted by molar-refractivity contribution is 0.161. The van der Waals surface area contributed by atoms with Gasteiger partial charge in [0, 0.05) is 0 Å². The number of hydrogen-bond acceptors (Lipinski definition) is 0. The molecule has 0 aromatic carbocycles. The Bertz CT molecular complexity index is 167. The van der Waals surface area contributed by atoms with Crippen LogP contribution in [0.2, 0.25) is 0 Å². The van der Waals surface area contributed by atoms with Gasteiger partial charge in [-0.05, 0) is 36.0 Å². The monoisotopic (exact) mass is 212 g/mol. The highest BCUT2D eigenvalue weighted by Gasteiger charge is 2.27. The molecule has 0 saturated heterocycles. The Hall–Kier alpha value is 0. The first-order valence-corrected chi connectivity index (χ1v) is 6.77. The van der Waals surface area contributed by atoms with Crippen LogP contribution >= 0.6 is 0 Å². The highest BCUT2D eigenvalue weighted by atomic mass is 14.3. The first kappa shape index (κ1) is 15.0. The summed E-state index contributed by atoms with van der Waals surface area (Å²) in [4.78, 5) is 0. The van der Waals surface area contributed by atoms with Crippen molar-refractivity contribution in [2.75, 3.05) is 0 Å². The van der Waals surface area contributed by atoms with Gasteiger partial charge in [0.25, 0.3) is 0 Å². The third kappa shape index (κ3) is 5.04. The Morgan fingerprint density at radius 2 is 1.40 bits per heavy atom. The van der Waals surface area contributed by atoms with Gasteiger partial charge in [0.2, 0.25) is 0 Å². The fourth-order valence-corrected chi connectivity index (χ4v) is 1.99. The second-order valence-electron chi connectivity index (χ2n) is 6.56. The van der Waals surface area contributed by atoms with E-state index in [-0.39, 0.29) is 0 Å². The molecule has 1 unspecified atom stereocenters. The normalized spacial score (nSPS) is 16.8. The highest BCUT2D eigenvalue weighted by Crippen LogP contribution is 2.39.